The van der Waals surface area contributed by atoms with Gasteiger partial charge in [-0.15, -0.1) is 0 Å². The lowest BCUT2D eigenvalue weighted by atomic mass is 9.97. The van der Waals surface area contributed by atoms with E-state index >= 15 is 0 Å². The first-order chi connectivity index (χ1) is 8.43. The Morgan fingerprint density at radius 2 is 2.06 bits per heavy atom. The molecule has 4 nitrogen and oxygen atoms in total. The molecule has 18 heavy (non-hydrogen) atoms. The molecule has 0 aliphatic rings. The van der Waals surface area contributed by atoms with Crippen LogP contribution in [0.25, 0.3) is 0 Å². The molecule has 0 bridgehead atoms. The number of hydrogen-bond donors (Lipinski definition) is 1. The number of ether oxygens (including phenoxy) is 1. The number of methoxy groups -OCH3 is 1. The van der Waals surface area contributed by atoms with Gasteiger partial charge in [0.05, 0.1) is 7.11 Å². The summed E-state index contributed by atoms with van der Waals surface area (Å²) >= 11 is 3.31. The molecule has 0 fully saturated rings. The Morgan fingerprint density at radius 1 is 1.39 bits per heavy atom. The van der Waals surface area contributed by atoms with Gasteiger partial charge in [0, 0.05) is 22.9 Å². The van der Waals surface area contributed by atoms with Gasteiger partial charge in [-0.25, -0.2) is 0 Å². The van der Waals surface area contributed by atoms with Crippen molar-refractivity contribution < 1.29 is 19.4 Å². The second kappa shape index (κ2) is 6.54. The van der Waals surface area contributed by atoms with Gasteiger partial charge in [0.2, 0.25) is 0 Å². The van der Waals surface area contributed by atoms with Crippen molar-refractivity contribution in [2.75, 3.05) is 7.11 Å². The standard InChI is InChI=1S/C13H15BrO4/c1-8(6-13(16)17)5-12(15)10-4-3-9(18-2)7-11(10)14/h3-4,7-8H,5-6H2,1-2H3,(H,16,17). The molecule has 0 aliphatic heterocycles. The zero-order chi connectivity index (χ0) is 13.7. The minimum Gasteiger partial charge on any atom is -0.497 e. The first kappa shape index (κ1) is 14.7. The molecule has 98 valence electrons. The van der Waals surface area contributed by atoms with E-state index in [0.29, 0.717) is 15.8 Å². The molecule has 0 aliphatic carbocycles. The highest BCUT2D eigenvalue weighted by molar-refractivity contribution is 9.10. The maximum atomic E-state index is 12.0. The van der Waals surface area contributed by atoms with E-state index in [1.54, 1.807) is 32.2 Å². The molecule has 1 aromatic carbocycles. The van der Waals surface area contributed by atoms with Gasteiger partial charge >= 0.3 is 5.97 Å². The first-order valence-corrected chi connectivity index (χ1v) is 6.32. The summed E-state index contributed by atoms with van der Waals surface area (Å²) in [7, 11) is 1.55. The van der Waals surface area contributed by atoms with Crippen LogP contribution < -0.4 is 4.74 Å². The lowest BCUT2D eigenvalue weighted by Crippen LogP contribution is -2.10. The quantitative estimate of drug-likeness (QED) is 0.819. The summed E-state index contributed by atoms with van der Waals surface area (Å²) in [6.07, 6.45) is 0.219. The van der Waals surface area contributed by atoms with Gasteiger partial charge in [0.25, 0.3) is 0 Å². The van der Waals surface area contributed by atoms with E-state index < -0.39 is 5.97 Å². The molecule has 1 unspecified atom stereocenters. The van der Waals surface area contributed by atoms with Crippen molar-refractivity contribution in [2.45, 2.75) is 19.8 Å². The second-order valence-electron chi connectivity index (χ2n) is 4.18. The van der Waals surface area contributed by atoms with Crippen molar-refractivity contribution in [3.05, 3.63) is 28.2 Å². The van der Waals surface area contributed by atoms with Crippen LogP contribution >= 0.6 is 15.9 Å². The van der Waals surface area contributed by atoms with Gasteiger partial charge in [-0.2, -0.15) is 0 Å². The van der Waals surface area contributed by atoms with Crippen molar-refractivity contribution in [2.24, 2.45) is 5.92 Å². The Balaban J connectivity index is 2.75. The van der Waals surface area contributed by atoms with Gasteiger partial charge in [-0.3, -0.25) is 9.59 Å². The summed E-state index contributed by atoms with van der Waals surface area (Å²) in [6, 6.07) is 5.10. The number of aliphatic carboxylic acids is 1. The fourth-order valence-corrected chi connectivity index (χ4v) is 2.22. The van der Waals surface area contributed by atoms with Crippen molar-refractivity contribution in [1.29, 1.82) is 0 Å². The van der Waals surface area contributed by atoms with Gasteiger partial charge in [-0.1, -0.05) is 6.92 Å². The molecule has 5 heteroatoms. The normalized spacial score (nSPS) is 11.9. The lowest BCUT2D eigenvalue weighted by Gasteiger charge is -2.09. The number of carbonyl (C=O) groups excluding carboxylic acids is 1. The number of carboxylic acids is 1. The molecular weight excluding hydrogens is 300 g/mol. The Morgan fingerprint density at radius 3 is 2.56 bits per heavy atom. The van der Waals surface area contributed by atoms with E-state index in [1.165, 1.54) is 0 Å². The molecule has 1 rings (SSSR count). The van der Waals surface area contributed by atoms with Crippen LogP contribution in [0.3, 0.4) is 0 Å². The van der Waals surface area contributed by atoms with Crippen molar-refractivity contribution >= 4 is 27.7 Å². The minimum absolute atomic E-state index is 0.000482. The van der Waals surface area contributed by atoms with Crippen LogP contribution in [-0.2, 0) is 4.79 Å². The van der Waals surface area contributed by atoms with E-state index in [1.807, 2.05) is 0 Å². The highest BCUT2D eigenvalue weighted by Gasteiger charge is 2.16. The first-order valence-electron chi connectivity index (χ1n) is 5.52. The maximum Gasteiger partial charge on any atom is 0.303 e. The van der Waals surface area contributed by atoms with Crippen molar-refractivity contribution in [3.8, 4) is 5.75 Å². The zero-order valence-corrected chi connectivity index (χ0v) is 11.9. The molecule has 0 aromatic heterocycles. The number of hydrogen-bond acceptors (Lipinski definition) is 3. The number of carboxylic acid groups (broad SMARTS) is 1. The molecule has 0 radical (unpaired) electrons. The highest BCUT2D eigenvalue weighted by atomic mass is 79.9. The fourth-order valence-electron chi connectivity index (χ4n) is 1.65. The summed E-state index contributed by atoms with van der Waals surface area (Å²) in [4.78, 5) is 22.5. The molecule has 0 amide bonds. The Kier molecular flexibility index (Phi) is 5.34. The van der Waals surface area contributed by atoms with Gasteiger partial charge in [0.15, 0.2) is 5.78 Å². The number of rotatable bonds is 6. The van der Waals surface area contributed by atoms with Crippen LogP contribution in [0.4, 0.5) is 0 Å². The molecule has 1 aromatic rings. The highest BCUT2D eigenvalue weighted by Crippen LogP contribution is 2.25. The molecular formula is C13H15BrO4. The van der Waals surface area contributed by atoms with Crippen LogP contribution in [0.15, 0.2) is 22.7 Å². The number of ketones is 1. The fraction of sp³-hybridized carbons (Fsp3) is 0.385. The predicted octanol–water partition coefficient (Wildman–Crippen LogP) is 3.14. The number of carbonyl (C=O) groups is 2. The van der Waals surface area contributed by atoms with Crippen molar-refractivity contribution in [3.63, 3.8) is 0 Å². The second-order valence-corrected chi connectivity index (χ2v) is 5.03. The summed E-state index contributed by atoms with van der Waals surface area (Å²) in [5, 5.41) is 8.65. The molecule has 1 N–H and O–H groups in total. The summed E-state index contributed by atoms with van der Waals surface area (Å²) in [6.45, 7) is 1.75. The predicted molar refractivity (Wildman–Crippen MR) is 71.1 cm³/mol. The van der Waals surface area contributed by atoms with E-state index in [9.17, 15) is 9.59 Å². The van der Waals surface area contributed by atoms with E-state index in [0.717, 1.165) is 0 Å². The maximum absolute atomic E-state index is 12.0. The van der Waals surface area contributed by atoms with Crippen LogP contribution in [0, 0.1) is 5.92 Å². The van der Waals surface area contributed by atoms with Gasteiger partial charge < -0.3 is 9.84 Å². The molecule has 0 heterocycles. The number of Topliss-reactive ketones (excluding diaryl/α,β-unsaturated/α-hetero) is 1. The van der Waals surface area contributed by atoms with Crippen LogP contribution in [-0.4, -0.2) is 24.0 Å². The Bertz CT molecular complexity index is 456. The third-order valence-corrected chi connectivity index (χ3v) is 3.19. The smallest absolute Gasteiger partial charge is 0.303 e. The van der Waals surface area contributed by atoms with E-state index in [4.69, 9.17) is 9.84 Å². The average Bonchev–Trinajstić information content (AvgIpc) is 2.27. The largest absolute Gasteiger partial charge is 0.497 e. The van der Waals surface area contributed by atoms with E-state index in [-0.39, 0.29) is 24.5 Å². The average molecular weight is 315 g/mol. The van der Waals surface area contributed by atoms with Gasteiger partial charge in [-0.05, 0) is 40.0 Å². The van der Waals surface area contributed by atoms with E-state index in [2.05, 4.69) is 15.9 Å². The van der Waals surface area contributed by atoms with Crippen molar-refractivity contribution in [1.82, 2.24) is 0 Å². The Hall–Kier alpha value is -1.36. The monoisotopic (exact) mass is 314 g/mol. The SMILES string of the molecule is COc1ccc(C(=O)CC(C)CC(=O)O)c(Br)c1. The molecule has 1 atom stereocenters. The number of benzene rings is 1. The third-order valence-electron chi connectivity index (χ3n) is 2.53. The molecule has 0 saturated carbocycles. The van der Waals surface area contributed by atoms with Crippen LogP contribution in [0.1, 0.15) is 30.1 Å². The third kappa shape index (κ3) is 4.14. The summed E-state index contributed by atoms with van der Waals surface area (Å²) < 4.78 is 5.71. The minimum atomic E-state index is -0.885. The number of halogens is 1. The molecule has 0 spiro atoms. The zero-order valence-electron chi connectivity index (χ0n) is 10.3. The topological polar surface area (TPSA) is 63.6 Å². The molecule has 0 saturated heterocycles. The Labute approximate surface area is 114 Å². The summed E-state index contributed by atoms with van der Waals surface area (Å²) in [5.74, 6) is -0.469. The van der Waals surface area contributed by atoms with Crippen LogP contribution in [0.2, 0.25) is 0 Å². The summed E-state index contributed by atoms with van der Waals surface area (Å²) in [5.41, 5.74) is 0.549. The lowest BCUT2D eigenvalue weighted by molar-refractivity contribution is -0.137. The van der Waals surface area contributed by atoms with Crippen LogP contribution in [0.5, 0.6) is 5.75 Å². The van der Waals surface area contributed by atoms with Gasteiger partial charge in [0.1, 0.15) is 5.75 Å².